The van der Waals surface area contributed by atoms with Gasteiger partial charge in [0.15, 0.2) is 5.78 Å². The lowest BCUT2D eigenvalue weighted by Gasteiger charge is -2.30. The molecule has 1 aliphatic heterocycles. The van der Waals surface area contributed by atoms with Crippen LogP contribution in [-0.2, 0) is 14.3 Å². The molecule has 3 nitrogen and oxygen atoms in total. The van der Waals surface area contributed by atoms with E-state index in [0.717, 1.165) is 0 Å². The van der Waals surface area contributed by atoms with Crippen LogP contribution >= 0.6 is 0 Å². The molecule has 0 saturated carbocycles. The van der Waals surface area contributed by atoms with Crippen molar-refractivity contribution in [3.8, 4) is 0 Å². The number of methoxy groups -OCH3 is 1. The molecular formula is C8H14O3. The molecule has 0 aliphatic carbocycles. The van der Waals surface area contributed by atoms with Crippen molar-refractivity contribution in [1.29, 1.82) is 0 Å². The second-order valence-corrected chi connectivity index (χ2v) is 3.06. The van der Waals surface area contributed by atoms with Crippen LogP contribution in [0.5, 0.6) is 0 Å². The van der Waals surface area contributed by atoms with E-state index in [4.69, 9.17) is 9.47 Å². The van der Waals surface area contributed by atoms with Gasteiger partial charge in [0.1, 0.15) is 0 Å². The van der Waals surface area contributed by atoms with E-state index >= 15 is 0 Å². The Morgan fingerprint density at radius 1 is 1.55 bits per heavy atom. The van der Waals surface area contributed by atoms with Crippen LogP contribution in [0.4, 0.5) is 0 Å². The molecule has 1 saturated heterocycles. The van der Waals surface area contributed by atoms with Crippen LogP contribution in [0.3, 0.4) is 0 Å². The normalized spacial score (nSPS) is 39.2. The quantitative estimate of drug-likeness (QED) is 0.570. The first-order chi connectivity index (χ1) is 5.15. The van der Waals surface area contributed by atoms with Gasteiger partial charge in [0, 0.05) is 13.5 Å². The summed E-state index contributed by atoms with van der Waals surface area (Å²) in [5, 5.41) is 0. The molecule has 0 bridgehead atoms. The Hall–Kier alpha value is -0.410. The fourth-order valence-corrected chi connectivity index (χ4v) is 1.17. The van der Waals surface area contributed by atoms with Crippen molar-refractivity contribution in [2.24, 2.45) is 5.92 Å². The largest absolute Gasteiger partial charge is 0.349 e. The van der Waals surface area contributed by atoms with Gasteiger partial charge in [0.25, 0.3) is 0 Å². The highest BCUT2D eigenvalue weighted by atomic mass is 16.7. The van der Waals surface area contributed by atoms with Crippen molar-refractivity contribution in [2.45, 2.75) is 32.7 Å². The van der Waals surface area contributed by atoms with Crippen LogP contribution in [0.15, 0.2) is 0 Å². The average molecular weight is 158 g/mol. The minimum Gasteiger partial charge on any atom is -0.349 e. The zero-order valence-electron chi connectivity index (χ0n) is 7.16. The van der Waals surface area contributed by atoms with Crippen LogP contribution in [0.1, 0.15) is 20.3 Å². The van der Waals surface area contributed by atoms with E-state index < -0.39 is 6.29 Å². The van der Waals surface area contributed by atoms with Gasteiger partial charge in [-0.1, -0.05) is 6.92 Å². The smallest absolute Gasteiger partial charge is 0.217 e. The fraction of sp³-hybridized carbons (Fsp3) is 0.875. The predicted octanol–water partition coefficient (Wildman–Crippen LogP) is 0.973. The van der Waals surface area contributed by atoms with E-state index in [1.165, 1.54) is 7.11 Å². The van der Waals surface area contributed by atoms with Gasteiger partial charge in [-0.15, -0.1) is 0 Å². The molecule has 3 heteroatoms. The molecule has 0 aromatic rings. The summed E-state index contributed by atoms with van der Waals surface area (Å²) in [5.41, 5.74) is 0. The average Bonchev–Trinajstić information content (AvgIpc) is 1.97. The topological polar surface area (TPSA) is 35.5 Å². The molecule has 64 valence electrons. The molecule has 0 spiro atoms. The van der Waals surface area contributed by atoms with Crippen LogP contribution in [0.25, 0.3) is 0 Å². The number of carbonyl (C=O) groups is 1. The summed E-state index contributed by atoms with van der Waals surface area (Å²) >= 11 is 0. The molecule has 0 aromatic carbocycles. The number of ketones is 1. The van der Waals surface area contributed by atoms with E-state index in [1.54, 1.807) is 0 Å². The Kier molecular flexibility index (Phi) is 2.62. The monoisotopic (exact) mass is 158 g/mol. The first kappa shape index (κ1) is 8.68. The number of hydrogen-bond acceptors (Lipinski definition) is 3. The lowest BCUT2D eigenvalue weighted by atomic mass is 9.96. The SMILES string of the molecule is COC1OC(C)C(C)CC1=O. The number of rotatable bonds is 1. The van der Waals surface area contributed by atoms with Gasteiger partial charge in [-0.25, -0.2) is 0 Å². The molecule has 1 aliphatic rings. The van der Waals surface area contributed by atoms with Crippen LogP contribution in [0, 0.1) is 5.92 Å². The first-order valence-corrected chi connectivity index (χ1v) is 3.86. The van der Waals surface area contributed by atoms with E-state index in [0.29, 0.717) is 12.3 Å². The highest BCUT2D eigenvalue weighted by Crippen LogP contribution is 2.21. The Balaban J connectivity index is 2.55. The zero-order valence-corrected chi connectivity index (χ0v) is 7.16. The molecule has 11 heavy (non-hydrogen) atoms. The summed E-state index contributed by atoms with van der Waals surface area (Å²) < 4.78 is 10.1. The third-order valence-electron chi connectivity index (χ3n) is 2.14. The molecule has 3 atom stereocenters. The molecule has 3 unspecified atom stereocenters. The number of carbonyl (C=O) groups excluding carboxylic acids is 1. The van der Waals surface area contributed by atoms with Crippen LogP contribution in [0.2, 0.25) is 0 Å². The third-order valence-corrected chi connectivity index (χ3v) is 2.14. The summed E-state index contributed by atoms with van der Waals surface area (Å²) in [5.74, 6) is 0.368. The zero-order chi connectivity index (χ0) is 8.43. The minimum atomic E-state index is -0.624. The second kappa shape index (κ2) is 3.32. The lowest BCUT2D eigenvalue weighted by Crippen LogP contribution is -2.40. The van der Waals surface area contributed by atoms with Crippen molar-refractivity contribution in [1.82, 2.24) is 0 Å². The molecule has 0 amide bonds. The van der Waals surface area contributed by atoms with Gasteiger partial charge in [0.2, 0.25) is 6.29 Å². The van der Waals surface area contributed by atoms with Gasteiger partial charge in [-0.2, -0.15) is 0 Å². The van der Waals surface area contributed by atoms with E-state index in [1.807, 2.05) is 13.8 Å². The van der Waals surface area contributed by atoms with Crippen LogP contribution in [-0.4, -0.2) is 25.3 Å². The Bertz CT molecular complexity index is 155. The molecule has 1 heterocycles. The van der Waals surface area contributed by atoms with Crippen molar-refractivity contribution in [3.63, 3.8) is 0 Å². The molecule has 1 rings (SSSR count). The molecule has 0 radical (unpaired) electrons. The summed E-state index contributed by atoms with van der Waals surface area (Å²) in [7, 11) is 1.49. The molecule has 0 N–H and O–H groups in total. The molecular weight excluding hydrogens is 144 g/mol. The lowest BCUT2D eigenvalue weighted by molar-refractivity contribution is -0.194. The van der Waals surface area contributed by atoms with E-state index in [2.05, 4.69) is 0 Å². The third kappa shape index (κ3) is 1.79. The maximum absolute atomic E-state index is 11.1. The standard InChI is InChI=1S/C8H14O3/c1-5-4-7(9)8(10-3)11-6(5)2/h5-6,8H,4H2,1-3H3. The first-order valence-electron chi connectivity index (χ1n) is 3.86. The Morgan fingerprint density at radius 2 is 2.18 bits per heavy atom. The van der Waals surface area contributed by atoms with Crippen LogP contribution < -0.4 is 0 Å². The van der Waals surface area contributed by atoms with Crippen molar-refractivity contribution in [3.05, 3.63) is 0 Å². The maximum Gasteiger partial charge on any atom is 0.217 e. The second-order valence-electron chi connectivity index (χ2n) is 3.06. The van der Waals surface area contributed by atoms with E-state index in [-0.39, 0.29) is 11.9 Å². The highest BCUT2D eigenvalue weighted by molar-refractivity contribution is 5.82. The highest BCUT2D eigenvalue weighted by Gasteiger charge is 2.31. The fourth-order valence-electron chi connectivity index (χ4n) is 1.17. The van der Waals surface area contributed by atoms with Gasteiger partial charge >= 0.3 is 0 Å². The Labute approximate surface area is 66.7 Å². The number of hydrogen-bond donors (Lipinski definition) is 0. The van der Waals surface area contributed by atoms with Crippen molar-refractivity contribution in [2.75, 3.05) is 7.11 Å². The Morgan fingerprint density at radius 3 is 2.73 bits per heavy atom. The summed E-state index contributed by atoms with van der Waals surface area (Å²) in [6, 6.07) is 0. The van der Waals surface area contributed by atoms with Gasteiger partial charge in [-0.3, -0.25) is 4.79 Å². The number of Topliss-reactive ketones (excluding diaryl/α,β-unsaturated/α-hetero) is 1. The predicted molar refractivity (Wildman–Crippen MR) is 40.1 cm³/mol. The van der Waals surface area contributed by atoms with Gasteiger partial charge in [-0.05, 0) is 12.8 Å². The molecule has 1 fully saturated rings. The minimum absolute atomic E-state index is 0.0538. The van der Waals surface area contributed by atoms with Crippen molar-refractivity contribution >= 4 is 5.78 Å². The maximum atomic E-state index is 11.1. The molecule has 0 aromatic heterocycles. The summed E-state index contributed by atoms with van der Waals surface area (Å²) in [6.45, 7) is 3.97. The summed E-state index contributed by atoms with van der Waals surface area (Å²) in [4.78, 5) is 11.1. The van der Waals surface area contributed by atoms with E-state index in [9.17, 15) is 4.79 Å². The number of ether oxygens (including phenoxy) is 2. The van der Waals surface area contributed by atoms with Crippen molar-refractivity contribution < 1.29 is 14.3 Å². The summed E-state index contributed by atoms with van der Waals surface area (Å²) in [6.07, 6.45) is 0.0681. The van der Waals surface area contributed by atoms with Gasteiger partial charge in [0.05, 0.1) is 6.10 Å². The van der Waals surface area contributed by atoms with Gasteiger partial charge < -0.3 is 9.47 Å².